The number of fused-ring (bicyclic) bond motifs is 2. The van der Waals surface area contributed by atoms with Crippen molar-refractivity contribution in [2.24, 2.45) is 5.92 Å². The molecule has 3 heterocycles. The van der Waals surface area contributed by atoms with Gasteiger partial charge in [0.2, 0.25) is 0 Å². The first-order valence-corrected chi connectivity index (χ1v) is 12.2. The summed E-state index contributed by atoms with van der Waals surface area (Å²) >= 11 is 1.18. The molecule has 2 fully saturated rings. The average Bonchev–Trinajstić information content (AvgIpc) is 3.18. The SMILES string of the molecule is Nc1nc(C(=O)N2[C@H](CNC(=O)c3cccc4c3CCO4)C[C@@H]3C[C@@H]32)c(-c2cccc(F)c2)s1. The minimum absolute atomic E-state index is 0.128. The molecular weight excluding hydrogens is 455 g/mol. The fourth-order valence-electron chi connectivity index (χ4n) is 5.23. The van der Waals surface area contributed by atoms with Gasteiger partial charge in [0, 0.05) is 30.1 Å². The zero-order chi connectivity index (χ0) is 23.4. The number of amides is 2. The van der Waals surface area contributed by atoms with Gasteiger partial charge in [0.15, 0.2) is 5.13 Å². The summed E-state index contributed by atoms with van der Waals surface area (Å²) in [4.78, 5) is 33.3. The van der Waals surface area contributed by atoms with Gasteiger partial charge in [0.25, 0.3) is 11.8 Å². The van der Waals surface area contributed by atoms with Crippen molar-refractivity contribution in [2.45, 2.75) is 31.3 Å². The van der Waals surface area contributed by atoms with Crippen molar-refractivity contribution < 1.29 is 18.7 Å². The van der Waals surface area contributed by atoms with Gasteiger partial charge in [-0.1, -0.05) is 29.5 Å². The van der Waals surface area contributed by atoms with Crippen LogP contribution < -0.4 is 15.8 Å². The van der Waals surface area contributed by atoms with Crippen molar-refractivity contribution in [3.63, 3.8) is 0 Å². The van der Waals surface area contributed by atoms with Crippen molar-refractivity contribution in [1.82, 2.24) is 15.2 Å². The molecular formula is C25H23FN4O3S. The van der Waals surface area contributed by atoms with Gasteiger partial charge in [-0.2, -0.15) is 0 Å². The van der Waals surface area contributed by atoms with E-state index in [9.17, 15) is 14.0 Å². The lowest BCUT2D eigenvalue weighted by molar-refractivity contribution is 0.0684. The van der Waals surface area contributed by atoms with Crippen LogP contribution in [-0.4, -0.2) is 46.9 Å². The van der Waals surface area contributed by atoms with E-state index in [4.69, 9.17) is 10.5 Å². The Morgan fingerprint density at radius 1 is 1.24 bits per heavy atom. The molecule has 2 aliphatic heterocycles. The van der Waals surface area contributed by atoms with Crippen LogP contribution in [0.5, 0.6) is 5.75 Å². The number of nitrogens with zero attached hydrogens (tertiary/aromatic N) is 2. The van der Waals surface area contributed by atoms with E-state index in [2.05, 4.69) is 10.3 Å². The van der Waals surface area contributed by atoms with Crippen LogP contribution >= 0.6 is 11.3 Å². The first-order chi connectivity index (χ1) is 16.5. The van der Waals surface area contributed by atoms with Crippen LogP contribution in [0.1, 0.15) is 39.3 Å². The van der Waals surface area contributed by atoms with E-state index < -0.39 is 0 Å². The molecule has 0 radical (unpaired) electrons. The highest BCUT2D eigenvalue weighted by atomic mass is 32.1. The number of nitrogen functional groups attached to an aromatic ring is 1. The van der Waals surface area contributed by atoms with Crippen molar-refractivity contribution in [3.8, 4) is 16.2 Å². The third-order valence-corrected chi connectivity index (χ3v) is 7.80. The zero-order valence-electron chi connectivity index (χ0n) is 18.3. The number of carbonyl (C=O) groups excluding carboxylic acids is 2. The molecule has 34 heavy (non-hydrogen) atoms. The molecule has 1 saturated heterocycles. The van der Waals surface area contributed by atoms with Crippen LogP contribution in [0.25, 0.3) is 10.4 Å². The van der Waals surface area contributed by atoms with E-state index in [-0.39, 0.29) is 40.5 Å². The van der Waals surface area contributed by atoms with E-state index in [1.807, 2.05) is 17.0 Å². The maximum Gasteiger partial charge on any atom is 0.274 e. The number of nitrogens with two attached hydrogens (primary N) is 1. The predicted octanol–water partition coefficient (Wildman–Crippen LogP) is 3.50. The van der Waals surface area contributed by atoms with Gasteiger partial charge >= 0.3 is 0 Å². The molecule has 2 amide bonds. The van der Waals surface area contributed by atoms with Crippen LogP contribution in [0.2, 0.25) is 0 Å². The van der Waals surface area contributed by atoms with Gasteiger partial charge in [-0.05, 0) is 48.6 Å². The maximum absolute atomic E-state index is 13.8. The van der Waals surface area contributed by atoms with Crippen molar-refractivity contribution in [2.75, 3.05) is 18.9 Å². The quantitative estimate of drug-likeness (QED) is 0.585. The highest BCUT2D eigenvalue weighted by Gasteiger charge is 2.54. The summed E-state index contributed by atoms with van der Waals surface area (Å²) < 4.78 is 19.4. The summed E-state index contributed by atoms with van der Waals surface area (Å²) in [5, 5.41) is 3.29. The molecule has 174 valence electrons. The lowest BCUT2D eigenvalue weighted by Gasteiger charge is -2.27. The number of halogens is 1. The molecule has 6 rings (SSSR count). The van der Waals surface area contributed by atoms with Crippen LogP contribution in [-0.2, 0) is 6.42 Å². The lowest BCUT2D eigenvalue weighted by atomic mass is 10.0. The van der Waals surface area contributed by atoms with E-state index in [0.717, 1.165) is 24.2 Å². The summed E-state index contributed by atoms with van der Waals surface area (Å²) in [6.45, 7) is 0.940. The Balaban J connectivity index is 1.22. The minimum atomic E-state index is -0.385. The Bertz CT molecular complexity index is 1310. The second kappa shape index (κ2) is 8.09. The predicted molar refractivity (Wildman–Crippen MR) is 126 cm³/mol. The molecule has 1 saturated carbocycles. The summed E-state index contributed by atoms with van der Waals surface area (Å²) in [5.41, 5.74) is 8.33. The van der Waals surface area contributed by atoms with Crippen molar-refractivity contribution >= 4 is 28.3 Å². The second-order valence-corrected chi connectivity index (χ2v) is 10.0. The molecule has 7 nitrogen and oxygen atoms in total. The van der Waals surface area contributed by atoms with Gasteiger partial charge in [-0.3, -0.25) is 9.59 Å². The second-order valence-electron chi connectivity index (χ2n) is 9.00. The van der Waals surface area contributed by atoms with E-state index in [1.54, 1.807) is 18.2 Å². The third kappa shape index (κ3) is 3.60. The third-order valence-electron chi connectivity index (χ3n) is 6.86. The molecule has 9 heteroatoms. The summed E-state index contributed by atoms with van der Waals surface area (Å²) in [7, 11) is 0. The van der Waals surface area contributed by atoms with Crippen molar-refractivity contribution in [3.05, 3.63) is 65.1 Å². The molecule has 1 aromatic heterocycles. The minimum Gasteiger partial charge on any atom is -0.493 e. The van der Waals surface area contributed by atoms with Gasteiger partial charge in [0.05, 0.1) is 17.5 Å². The number of hydrogen-bond acceptors (Lipinski definition) is 6. The first-order valence-electron chi connectivity index (χ1n) is 11.4. The van der Waals surface area contributed by atoms with Gasteiger partial charge in [0.1, 0.15) is 17.3 Å². The Labute approximate surface area is 199 Å². The highest BCUT2D eigenvalue weighted by molar-refractivity contribution is 7.19. The Hall–Kier alpha value is -3.46. The molecule has 0 unspecified atom stereocenters. The molecule has 0 spiro atoms. The Morgan fingerprint density at radius 2 is 2.09 bits per heavy atom. The smallest absolute Gasteiger partial charge is 0.274 e. The summed E-state index contributed by atoms with van der Waals surface area (Å²) in [5.74, 6) is 0.440. The molecule has 3 atom stereocenters. The number of thiazole rings is 1. The highest BCUT2D eigenvalue weighted by Crippen LogP contribution is 2.49. The zero-order valence-corrected chi connectivity index (χ0v) is 19.1. The number of aromatic nitrogens is 1. The monoisotopic (exact) mass is 478 g/mol. The molecule has 1 aliphatic carbocycles. The van der Waals surface area contributed by atoms with E-state index >= 15 is 0 Å². The lowest BCUT2D eigenvalue weighted by Crippen LogP contribution is -2.45. The molecule has 0 bridgehead atoms. The average molecular weight is 479 g/mol. The topological polar surface area (TPSA) is 97.5 Å². The van der Waals surface area contributed by atoms with Gasteiger partial charge in [-0.15, -0.1) is 0 Å². The fraction of sp³-hybridized carbons (Fsp3) is 0.320. The summed E-state index contributed by atoms with van der Waals surface area (Å²) in [6, 6.07) is 11.6. The summed E-state index contributed by atoms with van der Waals surface area (Å²) in [6.07, 6.45) is 2.50. The number of carbonyl (C=O) groups is 2. The number of anilines is 1. The van der Waals surface area contributed by atoms with Gasteiger partial charge < -0.3 is 20.7 Å². The van der Waals surface area contributed by atoms with Gasteiger partial charge in [-0.25, -0.2) is 9.37 Å². The van der Waals surface area contributed by atoms with Crippen LogP contribution in [0.4, 0.5) is 9.52 Å². The number of nitrogens with one attached hydrogen (secondary N) is 1. The number of rotatable bonds is 5. The molecule has 3 aliphatic rings. The largest absolute Gasteiger partial charge is 0.493 e. The number of hydrogen-bond donors (Lipinski definition) is 2. The number of likely N-dealkylation sites (tertiary alicyclic amines) is 1. The standard InChI is InChI=1S/C25H23FN4O3S/c26-15-4-1-3-13(9-15)22-21(29-25(27)34-22)24(32)30-16(10-14-11-19(14)30)12-28-23(31)18-5-2-6-20-17(18)7-8-33-20/h1-6,9,14,16,19H,7-8,10-12H2,(H2,27,29)(H,28,31)/t14-,16+,19+/m1/s1. The molecule has 3 aromatic rings. The van der Waals surface area contributed by atoms with Crippen molar-refractivity contribution in [1.29, 1.82) is 0 Å². The molecule has 2 aromatic carbocycles. The number of ether oxygens (including phenoxy) is 1. The van der Waals surface area contributed by atoms with E-state index in [0.29, 0.717) is 41.5 Å². The molecule has 3 N–H and O–H groups in total. The normalized spacial score (nSPS) is 22.1. The fourth-order valence-corrected chi connectivity index (χ4v) is 6.05. The van der Waals surface area contributed by atoms with Crippen LogP contribution in [0, 0.1) is 11.7 Å². The number of benzene rings is 2. The Kier molecular flexibility index (Phi) is 5.02. The van der Waals surface area contributed by atoms with Crippen LogP contribution in [0.3, 0.4) is 0 Å². The van der Waals surface area contributed by atoms with E-state index in [1.165, 1.54) is 23.5 Å². The first kappa shape index (κ1) is 21.1. The van der Waals surface area contributed by atoms with Crippen LogP contribution in [0.15, 0.2) is 42.5 Å². The Morgan fingerprint density at radius 3 is 2.94 bits per heavy atom. The maximum atomic E-state index is 13.8. The number of piperidine rings is 1.